The van der Waals surface area contributed by atoms with E-state index in [-0.39, 0.29) is 18.0 Å². The molecule has 0 saturated carbocycles. The number of hydrogen-bond donors (Lipinski definition) is 1. The van der Waals surface area contributed by atoms with Crippen molar-refractivity contribution in [3.05, 3.63) is 61.6 Å². The molecule has 0 spiro atoms. The maximum absolute atomic E-state index is 12.9. The number of rotatable bonds is 6. The van der Waals surface area contributed by atoms with Gasteiger partial charge in [-0.25, -0.2) is 4.79 Å². The van der Waals surface area contributed by atoms with Crippen LogP contribution in [-0.2, 0) is 17.9 Å². The summed E-state index contributed by atoms with van der Waals surface area (Å²) in [6.45, 7) is 4.20. The zero-order chi connectivity index (χ0) is 19.6. The van der Waals surface area contributed by atoms with Crippen molar-refractivity contribution in [2.45, 2.75) is 33.4 Å². The monoisotopic (exact) mass is 405 g/mol. The number of thiophene rings is 1. The molecule has 27 heavy (non-hydrogen) atoms. The smallest absolute Gasteiger partial charge is 0.323 e. The van der Waals surface area contributed by atoms with Crippen LogP contribution in [0.5, 0.6) is 0 Å². The van der Waals surface area contributed by atoms with E-state index in [2.05, 4.69) is 5.32 Å². The number of halogens is 1. The normalized spacial score (nSPS) is 11.3. The molecular weight excluding hydrogens is 386 g/mol. The molecule has 0 unspecified atom stereocenters. The quantitative estimate of drug-likeness (QED) is 0.681. The molecule has 2 aromatic heterocycles. The molecular formula is C19H20ClN3O3S. The minimum Gasteiger partial charge on any atom is -0.323 e. The molecule has 1 N–H and O–H groups in total. The largest absolute Gasteiger partial charge is 0.332 e. The van der Waals surface area contributed by atoms with Crippen molar-refractivity contribution in [3.63, 3.8) is 0 Å². The number of benzene rings is 1. The topological polar surface area (TPSA) is 73.1 Å². The molecule has 0 aliphatic rings. The van der Waals surface area contributed by atoms with Gasteiger partial charge in [-0.1, -0.05) is 37.6 Å². The van der Waals surface area contributed by atoms with Crippen molar-refractivity contribution < 1.29 is 4.79 Å². The lowest BCUT2D eigenvalue weighted by Crippen LogP contribution is -2.41. The minimum atomic E-state index is -0.471. The van der Waals surface area contributed by atoms with Crippen LogP contribution in [0.2, 0.25) is 5.02 Å². The van der Waals surface area contributed by atoms with Gasteiger partial charge in [0, 0.05) is 6.54 Å². The van der Waals surface area contributed by atoms with E-state index in [9.17, 15) is 14.4 Å². The van der Waals surface area contributed by atoms with Crippen molar-refractivity contribution in [2.24, 2.45) is 5.92 Å². The first-order chi connectivity index (χ1) is 12.9. The lowest BCUT2D eigenvalue weighted by atomic mass is 10.1. The number of hydrogen-bond acceptors (Lipinski definition) is 4. The van der Waals surface area contributed by atoms with E-state index in [4.69, 9.17) is 11.6 Å². The molecule has 0 aliphatic carbocycles. The van der Waals surface area contributed by atoms with E-state index in [1.54, 1.807) is 35.7 Å². The first kappa shape index (κ1) is 19.4. The third-order valence-corrected chi connectivity index (χ3v) is 5.44. The number of para-hydroxylation sites is 1. The van der Waals surface area contributed by atoms with Gasteiger partial charge in [0.05, 0.1) is 16.2 Å². The SMILES string of the molecule is CC(C)CCn1c(=O)c2sccc2n(CC(=O)Nc2ccccc2Cl)c1=O. The molecule has 142 valence electrons. The summed E-state index contributed by atoms with van der Waals surface area (Å²) >= 11 is 7.34. The zero-order valence-corrected chi connectivity index (χ0v) is 16.6. The van der Waals surface area contributed by atoms with Gasteiger partial charge < -0.3 is 5.32 Å². The van der Waals surface area contributed by atoms with Gasteiger partial charge in [0.15, 0.2) is 0 Å². The molecule has 0 radical (unpaired) electrons. The Morgan fingerprint density at radius 2 is 1.93 bits per heavy atom. The number of aromatic nitrogens is 2. The maximum atomic E-state index is 12.9. The number of fused-ring (bicyclic) bond motifs is 1. The summed E-state index contributed by atoms with van der Waals surface area (Å²) in [6.07, 6.45) is 0.706. The van der Waals surface area contributed by atoms with E-state index in [1.165, 1.54) is 20.5 Å². The van der Waals surface area contributed by atoms with Gasteiger partial charge in [-0.3, -0.25) is 18.7 Å². The van der Waals surface area contributed by atoms with E-state index in [0.29, 0.717) is 39.8 Å². The van der Waals surface area contributed by atoms with Crippen LogP contribution in [-0.4, -0.2) is 15.0 Å². The first-order valence-corrected chi connectivity index (χ1v) is 9.89. The molecule has 0 aliphatic heterocycles. The second-order valence-corrected chi connectivity index (χ2v) is 7.99. The van der Waals surface area contributed by atoms with Gasteiger partial charge in [-0.2, -0.15) is 0 Å². The van der Waals surface area contributed by atoms with Crippen LogP contribution in [0.4, 0.5) is 5.69 Å². The number of carbonyl (C=O) groups excluding carboxylic acids is 1. The Hall–Kier alpha value is -2.38. The number of carbonyl (C=O) groups is 1. The minimum absolute atomic E-state index is 0.195. The lowest BCUT2D eigenvalue weighted by Gasteiger charge is -2.13. The van der Waals surface area contributed by atoms with Crippen molar-refractivity contribution in [1.82, 2.24) is 9.13 Å². The van der Waals surface area contributed by atoms with Gasteiger partial charge in [0.1, 0.15) is 11.2 Å². The summed E-state index contributed by atoms with van der Waals surface area (Å²) < 4.78 is 3.05. The average Bonchev–Trinajstić information content (AvgIpc) is 3.10. The maximum Gasteiger partial charge on any atom is 0.332 e. The van der Waals surface area contributed by atoms with Crippen LogP contribution >= 0.6 is 22.9 Å². The Morgan fingerprint density at radius 3 is 2.63 bits per heavy atom. The number of nitrogens with zero attached hydrogens (tertiary/aromatic N) is 2. The summed E-state index contributed by atoms with van der Waals surface area (Å²) in [5, 5.41) is 4.88. The Balaban J connectivity index is 1.97. The number of anilines is 1. The fourth-order valence-electron chi connectivity index (χ4n) is 2.77. The second-order valence-electron chi connectivity index (χ2n) is 6.67. The third-order valence-electron chi connectivity index (χ3n) is 4.22. The van der Waals surface area contributed by atoms with Crippen molar-refractivity contribution in [1.29, 1.82) is 0 Å². The fourth-order valence-corrected chi connectivity index (χ4v) is 3.79. The number of nitrogens with one attached hydrogen (secondary N) is 1. The van der Waals surface area contributed by atoms with E-state index >= 15 is 0 Å². The molecule has 0 saturated heterocycles. The second kappa shape index (κ2) is 8.10. The fraction of sp³-hybridized carbons (Fsp3) is 0.316. The molecule has 0 bridgehead atoms. The van der Waals surface area contributed by atoms with Crippen LogP contribution in [0, 0.1) is 5.92 Å². The highest BCUT2D eigenvalue weighted by atomic mass is 35.5. The summed E-state index contributed by atoms with van der Waals surface area (Å²) in [5.74, 6) is -0.0286. The first-order valence-electron chi connectivity index (χ1n) is 8.63. The Labute approximate surface area is 165 Å². The summed E-state index contributed by atoms with van der Waals surface area (Å²) in [7, 11) is 0. The van der Waals surface area contributed by atoms with Crippen molar-refractivity contribution in [2.75, 3.05) is 5.32 Å². The third kappa shape index (κ3) is 4.14. The molecule has 1 aromatic carbocycles. The van der Waals surface area contributed by atoms with Gasteiger partial charge in [0.2, 0.25) is 5.91 Å². The Morgan fingerprint density at radius 1 is 1.19 bits per heavy atom. The van der Waals surface area contributed by atoms with E-state index < -0.39 is 5.69 Å². The molecule has 6 nitrogen and oxygen atoms in total. The van der Waals surface area contributed by atoms with Crippen LogP contribution in [0.25, 0.3) is 10.2 Å². The van der Waals surface area contributed by atoms with Crippen molar-refractivity contribution in [3.8, 4) is 0 Å². The number of amides is 1. The van der Waals surface area contributed by atoms with Gasteiger partial charge >= 0.3 is 5.69 Å². The van der Waals surface area contributed by atoms with Crippen molar-refractivity contribution >= 4 is 44.7 Å². The van der Waals surface area contributed by atoms with Gasteiger partial charge in [0.25, 0.3) is 5.56 Å². The highest BCUT2D eigenvalue weighted by Gasteiger charge is 2.17. The predicted octanol–water partition coefficient (Wildman–Crippen LogP) is 3.56. The zero-order valence-electron chi connectivity index (χ0n) is 15.1. The Bertz CT molecular complexity index is 1100. The average molecular weight is 406 g/mol. The van der Waals surface area contributed by atoms with Crippen LogP contribution in [0.1, 0.15) is 20.3 Å². The highest BCUT2D eigenvalue weighted by Crippen LogP contribution is 2.21. The summed E-state index contributed by atoms with van der Waals surface area (Å²) in [4.78, 5) is 38.0. The summed E-state index contributed by atoms with van der Waals surface area (Å²) in [5.41, 5.74) is 0.186. The van der Waals surface area contributed by atoms with Gasteiger partial charge in [-0.15, -0.1) is 11.3 Å². The lowest BCUT2D eigenvalue weighted by molar-refractivity contribution is -0.116. The molecule has 8 heteroatoms. The standard InChI is InChI=1S/C19H20ClN3O3S/c1-12(2)7-9-22-18(25)17-15(8-10-27-17)23(19(22)26)11-16(24)21-14-6-4-3-5-13(14)20/h3-6,8,10,12H,7,9,11H2,1-2H3,(H,21,24). The van der Waals surface area contributed by atoms with Crippen LogP contribution < -0.4 is 16.6 Å². The molecule has 0 atom stereocenters. The van der Waals surface area contributed by atoms with Crippen LogP contribution in [0.15, 0.2) is 45.3 Å². The molecule has 1 amide bonds. The molecule has 2 heterocycles. The van der Waals surface area contributed by atoms with Crippen LogP contribution in [0.3, 0.4) is 0 Å². The Kier molecular flexibility index (Phi) is 5.82. The van der Waals surface area contributed by atoms with Gasteiger partial charge in [-0.05, 0) is 35.9 Å². The van der Waals surface area contributed by atoms with E-state index in [1.807, 2.05) is 13.8 Å². The molecule has 3 aromatic rings. The van der Waals surface area contributed by atoms with E-state index in [0.717, 1.165) is 0 Å². The predicted molar refractivity (Wildman–Crippen MR) is 110 cm³/mol. The summed E-state index contributed by atoms with van der Waals surface area (Å²) in [6, 6.07) is 8.58. The molecule has 0 fully saturated rings. The highest BCUT2D eigenvalue weighted by molar-refractivity contribution is 7.17. The molecule has 3 rings (SSSR count).